The van der Waals surface area contributed by atoms with Crippen LogP contribution < -0.4 is 5.32 Å². The van der Waals surface area contributed by atoms with E-state index in [0.717, 1.165) is 18.4 Å². The van der Waals surface area contributed by atoms with Crippen LogP contribution in [0.2, 0.25) is 0 Å². The molecular weight excluding hydrogens is 424 g/mol. The van der Waals surface area contributed by atoms with Crippen LogP contribution in [0, 0.1) is 12.8 Å². The highest BCUT2D eigenvalue weighted by Gasteiger charge is 2.37. The Morgan fingerprint density at radius 1 is 1.09 bits per heavy atom. The van der Waals surface area contributed by atoms with Gasteiger partial charge in [0.2, 0.25) is 15.9 Å². The first-order chi connectivity index (χ1) is 15.4. The van der Waals surface area contributed by atoms with Crippen LogP contribution >= 0.6 is 0 Å². The number of nitrogens with one attached hydrogen (secondary N) is 1. The molecule has 2 aromatic rings. The summed E-state index contributed by atoms with van der Waals surface area (Å²) < 4.78 is 33.2. The van der Waals surface area contributed by atoms with Crippen molar-refractivity contribution in [2.45, 2.75) is 42.9 Å². The van der Waals surface area contributed by atoms with E-state index in [0.29, 0.717) is 39.1 Å². The molecular formula is C25H32N2O4S. The van der Waals surface area contributed by atoms with Crippen LogP contribution in [0.25, 0.3) is 0 Å². The second kappa shape index (κ2) is 9.73. The van der Waals surface area contributed by atoms with Gasteiger partial charge in [-0.15, -0.1) is 0 Å². The van der Waals surface area contributed by atoms with Crippen molar-refractivity contribution in [3.63, 3.8) is 0 Å². The van der Waals surface area contributed by atoms with Crippen LogP contribution in [0.1, 0.15) is 36.8 Å². The third kappa shape index (κ3) is 4.90. The van der Waals surface area contributed by atoms with Crippen LogP contribution in [0.4, 0.5) is 0 Å². The molecule has 2 aliphatic heterocycles. The molecule has 7 heteroatoms. The molecule has 0 bridgehead atoms. The predicted molar refractivity (Wildman–Crippen MR) is 124 cm³/mol. The van der Waals surface area contributed by atoms with E-state index in [-0.39, 0.29) is 28.7 Å². The van der Waals surface area contributed by atoms with E-state index in [9.17, 15) is 13.2 Å². The molecule has 4 rings (SSSR count). The van der Waals surface area contributed by atoms with Gasteiger partial charge < -0.3 is 10.1 Å². The molecule has 1 N–H and O–H groups in total. The van der Waals surface area contributed by atoms with E-state index in [2.05, 4.69) is 17.4 Å². The highest BCUT2D eigenvalue weighted by Crippen LogP contribution is 2.34. The third-order valence-electron chi connectivity index (χ3n) is 6.85. The summed E-state index contributed by atoms with van der Waals surface area (Å²) in [5, 5.41) is 3.16. The second-order valence-electron chi connectivity index (χ2n) is 8.99. The average molecular weight is 457 g/mol. The van der Waals surface area contributed by atoms with Crippen molar-refractivity contribution in [1.82, 2.24) is 9.62 Å². The zero-order valence-corrected chi connectivity index (χ0v) is 19.4. The molecule has 1 amide bonds. The summed E-state index contributed by atoms with van der Waals surface area (Å²) in [7, 11) is -3.60. The third-order valence-corrected chi connectivity index (χ3v) is 8.73. The largest absolute Gasteiger partial charge is 0.381 e. The molecule has 32 heavy (non-hydrogen) atoms. The Labute approximate surface area is 191 Å². The number of sulfonamides is 1. The van der Waals surface area contributed by atoms with Gasteiger partial charge in [0.15, 0.2) is 0 Å². The van der Waals surface area contributed by atoms with Gasteiger partial charge in [0.1, 0.15) is 0 Å². The Morgan fingerprint density at radius 2 is 1.78 bits per heavy atom. The van der Waals surface area contributed by atoms with Crippen molar-refractivity contribution in [2.75, 3.05) is 32.8 Å². The number of hydrogen-bond acceptors (Lipinski definition) is 4. The minimum Gasteiger partial charge on any atom is -0.381 e. The number of amides is 1. The summed E-state index contributed by atoms with van der Waals surface area (Å²) in [6.45, 7) is 4.50. The highest BCUT2D eigenvalue weighted by molar-refractivity contribution is 7.89. The average Bonchev–Trinajstić information content (AvgIpc) is 2.84. The predicted octanol–water partition coefficient (Wildman–Crippen LogP) is 3.26. The maximum atomic E-state index is 13.1. The van der Waals surface area contributed by atoms with Gasteiger partial charge in [0.05, 0.1) is 10.8 Å². The highest BCUT2D eigenvalue weighted by atomic mass is 32.2. The van der Waals surface area contributed by atoms with Gasteiger partial charge in [-0.25, -0.2) is 8.42 Å². The van der Waals surface area contributed by atoms with Crippen LogP contribution in [0.15, 0.2) is 59.5 Å². The first kappa shape index (κ1) is 23.0. The summed E-state index contributed by atoms with van der Waals surface area (Å²) in [6.07, 6.45) is 3.10. The minimum absolute atomic E-state index is 0.0596. The van der Waals surface area contributed by atoms with Gasteiger partial charge in [-0.05, 0) is 50.3 Å². The lowest BCUT2D eigenvalue weighted by Gasteiger charge is -2.38. The maximum absolute atomic E-state index is 13.1. The molecule has 2 aromatic carbocycles. The Hall–Kier alpha value is -2.22. The number of hydrogen-bond donors (Lipinski definition) is 1. The van der Waals surface area contributed by atoms with Crippen LogP contribution in [-0.4, -0.2) is 51.5 Å². The molecule has 2 saturated heterocycles. The van der Waals surface area contributed by atoms with Crippen molar-refractivity contribution in [1.29, 1.82) is 0 Å². The second-order valence-corrected chi connectivity index (χ2v) is 10.9. The molecule has 0 saturated carbocycles. The van der Waals surface area contributed by atoms with Gasteiger partial charge >= 0.3 is 0 Å². The Morgan fingerprint density at radius 3 is 2.47 bits per heavy atom. The van der Waals surface area contributed by atoms with Crippen molar-refractivity contribution in [3.8, 4) is 0 Å². The van der Waals surface area contributed by atoms with Gasteiger partial charge in [-0.2, -0.15) is 4.31 Å². The molecule has 6 nitrogen and oxygen atoms in total. The quantitative estimate of drug-likeness (QED) is 0.724. The lowest BCUT2D eigenvalue weighted by Crippen LogP contribution is -2.49. The molecule has 2 fully saturated rings. The number of carbonyl (C=O) groups excluding carboxylic acids is 1. The zero-order valence-electron chi connectivity index (χ0n) is 18.6. The maximum Gasteiger partial charge on any atom is 0.243 e. The molecule has 2 aliphatic rings. The Balaban J connectivity index is 1.43. The van der Waals surface area contributed by atoms with E-state index in [1.807, 2.05) is 25.1 Å². The van der Waals surface area contributed by atoms with E-state index in [4.69, 9.17) is 4.74 Å². The number of benzene rings is 2. The monoisotopic (exact) mass is 456 g/mol. The van der Waals surface area contributed by atoms with Gasteiger partial charge in [-0.1, -0.05) is 48.0 Å². The molecule has 2 heterocycles. The minimum atomic E-state index is -3.60. The lowest BCUT2D eigenvalue weighted by atomic mass is 9.74. The zero-order chi connectivity index (χ0) is 22.6. The Bertz CT molecular complexity index is 1020. The van der Waals surface area contributed by atoms with Crippen molar-refractivity contribution >= 4 is 15.9 Å². The normalized spacial score (nSPS) is 21.7. The van der Waals surface area contributed by atoms with E-state index in [1.165, 1.54) is 9.87 Å². The van der Waals surface area contributed by atoms with Gasteiger partial charge in [-0.3, -0.25) is 4.79 Å². The van der Waals surface area contributed by atoms with Crippen molar-refractivity contribution in [3.05, 3.63) is 65.7 Å². The fourth-order valence-electron chi connectivity index (χ4n) is 4.76. The summed E-state index contributed by atoms with van der Waals surface area (Å²) in [6, 6.07) is 17.2. The molecule has 0 aliphatic carbocycles. The summed E-state index contributed by atoms with van der Waals surface area (Å²) in [4.78, 5) is 13.4. The summed E-state index contributed by atoms with van der Waals surface area (Å²) in [5.41, 5.74) is 2.09. The fraction of sp³-hybridized carbons (Fsp3) is 0.480. The molecule has 172 valence electrons. The molecule has 0 radical (unpaired) electrons. The first-order valence-electron chi connectivity index (χ1n) is 11.4. The lowest BCUT2D eigenvalue weighted by molar-refractivity contribution is -0.126. The number of nitrogens with zero attached hydrogens (tertiary/aromatic N) is 1. The summed E-state index contributed by atoms with van der Waals surface area (Å²) >= 11 is 0. The number of rotatable bonds is 6. The molecule has 1 unspecified atom stereocenters. The number of aryl methyl sites for hydroxylation is 1. The molecule has 0 aromatic heterocycles. The van der Waals surface area contributed by atoms with Crippen LogP contribution in [0.3, 0.4) is 0 Å². The summed E-state index contributed by atoms with van der Waals surface area (Å²) in [5.74, 6) is -0.396. The Kier molecular flexibility index (Phi) is 6.98. The smallest absolute Gasteiger partial charge is 0.243 e. The van der Waals surface area contributed by atoms with E-state index < -0.39 is 10.0 Å². The van der Waals surface area contributed by atoms with Crippen LogP contribution in [0.5, 0.6) is 0 Å². The van der Waals surface area contributed by atoms with Gasteiger partial charge in [0.25, 0.3) is 0 Å². The number of piperidine rings is 1. The van der Waals surface area contributed by atoms with E-state index >= 15 is 0 Å². The SMILES string of the molecule is Cc1ccc(S(=O)(=O)N2CCCC(C(=O)NCC3(c4ccccc4)CCOCC3)C2)cc1. The number of ether oxygens (including phenoxy) is 1. The van der Waals surface area contributed by atoms with E-state index in [1.54, 1.807) is 24.3 Å². The molecule has 1 atom stereocenters. The topological polar surface area (TPSA) is 75.7 Å². The van der Waals surface area contributed by atoms with Gasteiger partial charge in [0, 0.05) is 38.3 Å². The first-order valence-corrected chi connectivity index (χ1v) is 12.8. The standard InChI is InChI=1S/C25H32N2O4S/c1-20-9-11-23(12-10-20)32(29,30)27-15-5-6-21(18-27)24(28)26-19-25(13-16-31-17-14-25)22-7-3-2-4-8-22/h2-4,7-12,21H,5-6,13-19H2,1H3,(H,26,28). The number of carbonyl (C=O) groups is 1. The molecule has 0 spiro atoms. The van der Waals surface area contributed by atoms with Crippen molar-refractivity contribution in [2.24, 2.45) is 5.92 Å². The van der Waals surface area contributed by atoms with Crippen molar-refractivity contribution < 1.29 is 17.9 Å². The van der Waals surface area contributed by atoms with Crippen LogP contribution in [-0.2, 0) is 25.0 Å². The fourth-order valence-corrected chi connectivity index (χ4v) is 6.28.